The minimum absolute atomic E-state index is 0.0430. The molecule has 0 bridgehead atoms. The number of rotatable bonds is 7. The van der Waals surface area contributed by atoms with E-state index in [9.17, 15) is 9.59 Å². The first kappa shape index (κ1) is 13.9. The molecule has 0 unspecified atom stereocenters. The molecule has 0 saturated heterocycles. The van der Waals surface area contributed by atoms with Crippen LogP contribution in [-0.4, -0.2) is 30.8 Å². The molecular weight excluding hydrogens is 262 g/mol. The lowest BCUT2D eigenvalue weighted by atomic mass is 10.4. The van der Waals surface area contributed by atoms with Crippen molar-refractivity contribution >= 4 is 23.6 Å². The normalized spacial score (nSPS) is 13.9. The number of hydrogen-bond acceptors (Lipinski definition) is 4. The van der Waals surface area contributed by atoms with Gasteiger partial charge in [0.05, 0.1) is 5.92 Å². The summed E-state index contributed by atoms with van der Waals surface area (Å²) in [6.07, 6.45) is 1.79. The summed E-state index contributed by atoms with van der Waals surface area (Å²) in [5, 5.41) is 2.73. The molecule has 0 radical (unpaired) electrons. The zero-order valence-corrected chi connectivity index (χ0v) is 11.4. The molecule has 5 heteroatoms. The highest BCUT2D eigenvalue weighted by Gasteiger charge is 2.31. The fourth-order valence-electron chi connectivity index (χ4n) is 1.50. The van der Waals surface area contributed by atoms with Gasteiger partial charge >= 0.3 is 5.97 Å². The van der Waals surface area contributed by atoms with Gasteiger partial charge in [0.2, 0.25) is 0 Å². The summed E-state index contributed by atoms with van der Waals surface area (Å²) < 4.78 is 4.89. The maximum Gasteiger partial charge on any atom is 0.309 e. The van der Waals surface area contributed by atoms with Crippen LogP contribution in [0.25, 0.3) is 0 Å². The standard InChI is InChI=1S/C14H17NO3S/c16-13(10-18-14(17)11-6-7-11)15-8-9-19-12-4-2-1-3-5-12/h1-5,11H,6-10H2,(H,15,16). The number of carbonyl (C=O) groups is 2. The molecule has 1 aliphatic rings. The minimum Gasteiger partial charge on any atom is -0.455 e. The molecule has 0 aromatic heterocycles. The van der Waals surface area contributed by atoms with Crippen LogP contribution < -0.4 is 5.32 Å². The topological polar surface area (TPSA) is 55.4 Å². The average molecular weight is 279 g/mol. The minimum atomic E-state index is -0.242. The van der Waals surface area contributed by atoms with Crippen LogP contribution in [0, 0.1) is 5.92 Å². The van der Waals surface area contributed by atoms with E-state index in [-0.39, 0.29) is 24.4 Å². The molecule has 0 atom stereocenters. The van der Waals surface area contributed by atoms with Crippen molar-refractivity contribution in [3.05, 3.63) is 30.3 Å². The SMILES string of the molecule is O=C(COC(=O)C1CC1)NCCSc1ccccc1. The summed E-state index contributed by atoms with van der Waals surface area (Å²) in [6.45, 7) is 0.407. The number of esters is 1. The van der Waals surface area contributed by atoms with Crippen molar-refractivity contribution in [1.29, 1.82) is 0 Å². The smallest absolute Gasteiger partial charge is 0.309 e. The van der Waals surface area contributed by atoms with Crippen molar-refractivity contribution in [3.63, 3.8) is 0 Å². The fourth-order valence-corrected chi connectivity index (χ4v) is 2.29. The number of thioether (sulfide) groups is 1. The summed E-state index contributed by atoms with van der Waals surface area (Å²) in [4.78, 5) is 23.8. The number of benzene rings is 1. The number of carbonyl (C=O) groups excluding carboxylic acids is 2. The molecular formula is C14H17NO3S. The van der Waals surface area contributed by atoms with E-state index < -0.39 is 0 Å². The molecule has 19 heavy (non-hydrogen) atoms. The number of hydrogen-bond donors (Lipinski definition) is 1. The van der Waals surface area contributed by atoms with Crippen molar-refractivity contribution in [3.8, 4) is 0 Å². The lowest BCUT2D eigenvalue weighted by molar-refractivity contribution is -0.149. The van der Waals surface area contributed by atoms with Gasteiger partial charge in [0.15, 0.2) is 6.61 Å². The van der Waals surface area contributed by atoms with E-state index in [1.807, 2.05) is 30.3 Å². The van der Waals surface area contributed by atoms with Gasteiger partial charge in [-0.05, 0) is 25.0 Å². The Morgan fingerprint density at radius 1 is 1.26 bits per heavy atom. The second-order valence-electron chi connectivity index (χ2n) is 4.39. The molecule has 1 fully saturated rings. The van der Waals surface area contributed by atoms with Gasteiger partial charge in [0, 0.05) is 17.2 Å². The molecule has 102 valence electrons. The van der Waals surface area contributed by atoms with Crippen LogP contribution in [0.15, 0.2) is 35.2 Å². The highest BCUT2D eigenvalue weighted by Crippen LogP contribution is 2.29. The third-order valence-electron chi connectivity index (χ3n) is 2.69. The largest absolute Gasteiger partial charge is 0.455 e. The van der Waals surface area contributed by atoms with Gasteiger partial charge in [-0.3, -0.25) is 9.59 Å². The molecule has 4 nitrogen and oxygen atoms in total. The van der Waals surface area contributed by atoms with Gasteiger partial charge < -0.3 is 10.1 Å². The number of amides is 1. The first-order valence-corrected chi connectivity index (χ1v) is 7.35. The molecule has 1 aromatic rings. The van der Waals surface area contributed by atoms with Gasteiger partial charge in [-0.2, -0.15) is 0 Å². The summed E-state index contributed by atoms with van der Waals surface area (Å²) in [7, 11) is 0. The summed E-state index contributed by atoms with van der Waals surface area (Å²) in [5.74, 6) is 0.365. The van der Waals surface area contributed by atoms with Crippen molar-refractivity contribution < 1.29 is 14.3 Å². The van der Waals surface area contributed by atoms with Gasteiger partial charge in [-0.25, -0.2) is 0 Å². The highest BCUT2D eigenvalue weighted by atomic mass is 32.2. The number of ether oxygens (including phenoxy) is 1. The van der Waals surface area contributed by atoms with Gasteiger partial charge in [-0.1, -0.05) is 18.2 Å². The van der Waals surface area contributed by atoms with Gasteiger partial charge in [0.1, 0.15) is 0 Å². The first-order chi connectivity index (χ1) is 9.25. The molecule has 1 aromatic carbocycles. The zero-order valence-electron chi connectivity index (χ0n) is 10.6. The van der Waals surface area contributed by atoms with Crippen molar-refractivity contribution in [2.45, 2.75) is 17.7 Å². The van der Waals surface area contributed by atoms with E-state index in [1.165, 1.54) is 4.90 Å². The van der Waals surface area contributed by atoms with Crippen LogP contribution in [0.2, 0.25) is 0 Å². The van der Waals surface area contributed by atoms with Crippen LogP contribution in [0.1, 0.15) is 12.8 Å². The highest BCUT2D eigenvalue weighted by molar-refractivity contribution is 7.99. The third kappa shape index (κ3) is 5.34. The molecule has 2 rings (SSSR count). The van der Waals surface area contributed by atoms with Crippen LogP contribution >= 0.6 is 11.8 Å². The van der Waals surface area contributed by atoms with E-state index >= 15 is 0 Å². The lowest BCUT2D eigenvalue weighted by Gasteiger charge is -2.06. The predicted molar refractivity (Wildman–Crippen MR) is 73.9 cm³/mol. The van der Waals surface area contributed by atoms with E-state index in [4.69, 9.17) is 4.74 Å². The van der Waals surface area contributed by atoms with E-state index in [1.54, 1.807) is 11.8 Å². The fraction of sp³-hybridized carbons (Fsp3) is 0.429. The van der Waals surface area contributed by atoms with Crippen molar-refractivity contribution in [2.24, 2.45) is 5.92 Å². The maximum absolute atomic E-state index is 11.4. The first-order valence-electron chi connectivity index (χ1n) is 6.37. The number of nitrogens with one attached hydrogen (secondary N) is 1. The van der Waals surface area contributed by atoms with Crippen LogP contribution in [-0.2, 0) is 14.3 Å². The van der Waals surface area contributed by atoms with E-state index in [0.717, 1.165) is 18.6 Å². The Morgan fingerprint density at radius 3 is 2.68 bits per heavy atom. The quantitative estimate of drug-likeness (QED) is 0.470. The Kier molecular flexibility index (Phi) is 5.27. The second-order valence-corrected chi connectivity index (χ2v) is 5.56. The molecule has 0 aliphatic heterocycles. The molecule has 1 N–H and O–H groups in total. The summed E-state index contributed by atoms with van der Waals surface area (Å²) >= 11 is 1.68. The molecule has 0 heterocycles. The Bertz CT molecular complexity index is 432. The molecule has 1 saturated carbocycles. The van der Waals surface area contributed by atoms with E-state index in [0.29, 0.717) is 6.54 Å². The monoisotopic (exact) mass is 279 g/mol. The van der Waals surface area contributed by atoms with Gasteiger partial charge in [-0.15, -0.1) is 11.8 Å². The maximum atomic E-state index is 11.4. The van der Waals surface area contributed by atoms with Crippen LogP contribution in [0.5, 0.6) is 0 Å². The average Bonchev–Trinajstić information content (AvgIpc) is 3.27. The third-order valence-corrected chi connectivity index (χ3v) is 3.71. The van der Waals surface area contributed by atoms with Gasteiger partial charge in [0.25, 0.3) is 5.91 Å². The van der Waals surface area contributed by atoms with Crippen molar-refractivity contribution in [2.75, 3.05) is 18.9 Å². The Balaban J connectivity index is 1.52. The molecule has 1 amide bonds. The van der Waals surface area contributed by atoms with Crippen molar-refractivity contribution in [1.82, 2.24) is 5.32 Å². The Hall–Kier alpha value is -1.49. The lowest BCUT2D eigenvalue weighted by Crippen LogP contribution is -2.30. The van der Waals surface area contributed by atoms with E-state index in [2.05, 4.69) is 5.32 Å². The molecule has 0 spiro atoms. The predicted octanol–water partition coefficient (Wildman–Crippen LogP) is 1.85. The Labute approximate surface area is 116 Å². The van der Waals surface area contributed by atoms with Crippen LogP contribution in [0.3, 0.4) is 0 Å². The zero-order chi connectivity index (χ0) is 13.5. The second kappa shape index (κ2) is 7.19. The summed E-state index contributed by atoms with van der Waals surface area (Å²) in [6, 6.07) is 10.0. The van der Waals surface area contributed by atoms with Crippen LogP contribution in [0.4, 0.5) is 0 Å². The Morgan fingerprint density at radius 2 is 2.00 bits per heavy atom. The molecule has 1 aliphatic carbocycles. The summed E-state index contributed by atoms with van der Waals surface area (Å²) in [5.41, 5.74) is 0.